The van der Waals surface area contributed by atoms with E-state index in [9.17, 15) is 0 Å². The lowest BCUT2D eigenvalue weighted by atomic mass is 9.79. The molecule has 3 heteroatoms. The fraction of sp³-hybridized carbons (Fsp3) is 0.132. The first-order valence-electron chi connectivity index (χ1n) is 49.3. The molecular weight excluding hydrogens is 1680 g/mol. The number of aryl methyl sites for hydroxylation is 2. The fourth-order valence-corrected chi connectivity index (χ4v) is 22.3. The first-order valence-corrected chi connectivity index (χ1v) is 49.3. The van der Waals surface area contributed by atoms with Crippen molar-refractivity contribution in [3.05, 3.63) is 464 Å². The van der Waals surface area contributed by atoms with Gasteiger partial charge in [0.25, 0.3) is 0 Å². The number of nitrogens with zero attached hydrogens (tertiary/aromatic N) is 3. The van der Waals surface area contributed by atoms with Crippen molar-refractivity contribution in [3.63, 3.8) is 0 Å². The summed E-state index contributed by atoms with van der Waals surface area (Å²) in [5.74, 6) is 0. The second-order valence-corrected chi connectivity index (χ2v) is 42.4. The minimum Gasteiger partial charge on any atom is -0.309 e. The zero-order valence-electron chi connectivity index (χ0n) is 81.8. The number of rotatable bonds is 9. The lowest BCUT2D eigenvalue weighted by Gasteiger charge is -2.25. The maximum atomic E-state index is 2.45. The van der Waals surface area contributed by atoms with Crippen LogP contribution in [-0.4, -0.2) is 13.7 Å². The molecule has 3 aromatic heterocycles. The molecule has 25 aromatic rings. The first-order chi connectivity index (χ1) is 67.3. The van der Waals surface area contributed by atoms with Crippen LogP contribution in [0.25, 0.3) is 225 Å². The highest BCUT2D eigenvalue weighted by Crippen LogP contribution is 2.52. The Hall–Kier alpha value is -15.9. The molecule has 0 bridgehead atoms. The largest absolute Gasteiger partial charge is 0.309 e. The van der Waals surface area contributed by atoms with E-state index in [1.807, 2.05) is 0 Å². The molecule has 672 valence electrons. The van der Waals surface area contributed by atoms with E-state index in [4.69, 9.17) is 0 Å². The molecule has 0 saturated carbocycles. The van der Waals surface area contributed by atoms with Crippen LogP contribution in [0, 0.1) is 13.8 Å². The van der Waals surface area contributed by atoms with E-state index in [0.29, 0.717) is 0 Å². The quantitative estimate of drug-likeness (QED) is 0.128. The molecule has 139 heavy (non-hydrogen) atoms. The third-order valence-electron chi connectivity index (χ3n) is 29.2. The summed E-state index contributed by atoms with van der Waals surface area (Å²) in [5.41, 5.74) is 34.3. The molecule has 0 saturated heterocycles. The number of hydrogen-bond donors (Lipinski definition) is 0. The van der Waals surface area contributed by atoms with Gasteiger partial charge in [-0.15, -0.1) is 0 Å². The Bertz CT molecular complexity index is 9040. The summed E-state index contributed by atoms with van der Waals surface area (Å²) >= 11 is 0. The Morgan fingerprint density at radius 1 is 0.144 bits per heavy atom. The molecule has 0 fully saturated rings. The highest BCUT2D eigenvalue weighted by molar-refractivity contribution is 6.26. The van der Waals surface area contributed by atoms with E-state index in [-0.39, 0.29) is 21.7 Å². The maximum absolute atomic E-state index is 2.45. The molecular formula is C136H113N3. The Morgan fingerprint density at radius 3 is 0.727 bits per heavy atom. The normalized spacial score (nSPS) is 12.2. The minimum absolute atomic E-state index is 0.0249. The van der Waals surface area contributed by atoms with Crippen molar-refractivity contribution in [2.24, 2.45) is 0 Å². The van der Waals surface area contributed by atoms with Gasteiger partial charge >= 0.3 is 0 Å². The average Bonchev–Trinajstić information content (AvgIpc) is 1.71. The van der Waals surface area contributed by atoms with Gasteiger partial charge in [-0.3, -0.25) is 0 Å². The molecule has 0 amide bonds. The molecule has 0 radical (unpaired) electrons. The SMILES string of the molecule is CC(C)(C)c1ccc2c(-c3ccc(-n4c5ccccc5c5ccccc54)cc3)c3cc(C(C)(C)C)ccc3c(-c3ccccc3)c2c1.CC(C)(C)c1ccc2c(-c3cccc(-n4c5ccccc5c5ccccc54)c3)c3ccccc3c(-c3ccc4ccccc4c3)c2c1.Cc1cc(C)cc(-c2c3ccccc3c(-c3ccc(-n4c5ccccc5c5ccccc54)cc3)c3cc(C(C)(C)C)ccc23)c1. The van der Waals surface area contributed by atoms with Crippen LogP contribution in [0.2, 0.25) is 0 Å². The highest BCUT2D eigenvalue weighted by atomic mass is 15.0. The van der Waals surface area contributed by atoms with Crippen LogP contribution in [0.1, 0.15) is 116 Å². The summed E-state index contributed by atoms with van der Waals surface area (Å²) < 4.78 is 7.21. The molecule has 0 N–H and O–H groups in total. The van der Waals surface area contributed by atoms with E-state index in [2.05, 4.69) is 541 Å². The van der Waals surface area contributed by atoms with Crippen LogP contribution in [0.15, 0.2) is 431 Å². The lowest BCUT2D eigenvalue weighted by molar-refractivity contribution is 0.590. The number of fused-ring (bicyclic) bond motifs is 16. The topological polar surface area (TPSA) is 14.8 Å². The predicted molar refractivity (Wildman–Crippen MR) is 602 cm³/mol. The Labute approximate surface area is 815 Å². The van der Waals surface area contributed by atoms with E-state index in [1.165, 1.54) is 258 Å². The number of aromatic nitrogens is 3. The third kappa shape index (κ3) is 15.4. The molecule has 0 aliphatic carbocycles. The van der Waals surface area contributed by atoms with Crippen LogP contribution in [0.3, 0.4) is 0 Å². The van der Waals surface area contributed by atoms with Crippen molar-refractivity contribution in [2.75, 3.05) is 0 Å². The second-order valence-electron chi connectivity index (χ2n) is 42.4. The smallest absolute Gasteiger partial charge is 0.0541 e. The molecule has 22 aromatic carbocycles. The van der Waals surface area contributed by atoms with Gasteiger partial charge in [-0.1, -0.05) is 422 Å². The fourth-order valence-electron chi connectivity index (χ4n) is 22.3. The van der Waals surface area contributed by atoms with Crippen LogP contribution in [-0.2, 0) is 21.7 Å². The van der Waals surface area contributed by atoms with Crippen molar-refractivity contribution in [3.8, 4) is 83.8 Å². The summed E-state index contributed by atoms with van der Waals surface area (Å²) in [5, 5.41) is 25.7. The Kier molecular flexibility index (Phi) is 21.4. The second kappa shape index (κ2) is 34.1. The van der Waals surface area contributed by atoms with Crippen molar-refractivity contribution >= 4 is 141 Å². The van der Waals surface area contributed by atoms with Gasteiger partial charge in [0.2, 0.25) is 0 Å². The van der Waals surface area contributed by atoms with E-state index >= 15 is 0 Å². The van der Waals surface area contributed by atoms with E-state index in [1.54, 1.807) is 0 Å². The summed E-state index contributed by atoms with van der Waals surface area (Å²) in [6, 6.07) is 160. The lowest BCUT2D eigenvalue weighted by Crippen LogP contribution is -2.11. The van der Waals surface area contributed by atoms with Gasteiger partial charge in [0.1, 0.15) is 0 Å². The molecule has 0 aliphatic rings. The zero-order chi connectivity index (χ0) is 95.1. The average molecular weight is 1790 g/mol. The van der Waals surface area contributed by atoms with Gasteiger partial charge in [0.05, 0.1) is 33.1 Å². The van der Waals surface area contributed by atoms with Crippen molar-refractivity contribution in [2.45, 2.75) is 119 Å². The van der Waals surface area contributed by atoms with Crippen molar-refractivity contribution < 1.29 is 0 Å². The van der Waals surface area contributed by atoms with Crippen LogP contribution in [0.4, 0.5) is 0 Å². The predicted octanol–water partition coefficient (Wildman–Crippen LogP) is 38.2. The van der Waals surface area contributed by atoms with Gasteiger partial charge in [-0.2, -0.15) is 0 Å². The van der Waals surface area contributed by atoms with Crippen molar-refractivity contribution in [1.29, 1.82) is 0 Å². The van der Waals surface area contributed by atoms with Crippen molar-refractivity contribution in [1.82, 2.24) is 13.7 Å². The number of benzene rings is 22. The van der Waals surface area contributed by atoms with Gasteiger partial charge in [0.15, 0.2) is 0 Å². The molecule has 0 spiro atoms. The summed E-state index contributed by atoms with van der Waals surface area (Å²) in [6.45, 7) is 32.1. The molecule has 3 nitrogen and oxygen atoms in total. The standard InChI is InChI=1S/C46H35N.C46H41N.C44H37N/c1-46(2,3)34-25-26-40-41(29-34)45(33-24-23-30-13-4-5-14-31(30)27-33)39-20-7-6-19-38(39)44(40)32-15-12-16-35(28-32)47-42-21-10-8-17-36(42)37-18-9-11-22-43(37)47;1-45(2,3)32-23-27-38-39(28-32)43(30-14-8-7-9-15-30)37-26-22-33(46(4,5)6)29-40(37)44(38)31-20-24-34(25-21-31)47-41-18-12-10-16-35(41)36-17-11-13-19-42(36)47;1-28-24-29(2)26-31(25-28)43-37-15-7-6-14-36(37)42(39-27-32(44(3,4)5)20-23-38(39)43)30-18-21-33(22-19-30)45-40-16-10-8-12-34(40)35-13-9-11-17-41(35)45/h4-29H,1-3H3;7-29H,1-6H3;6-27H,1-5H3. The van der Waals surface area contributed by atoms with Crippen LogP contribution in [0.5, 0.6) is 0 Å². The first kappa shape index (κ1) is 87.1. The van der Waals surface area contributed by atoms with Crippen LogP contribution < -0.4 is 0 Å². The number of para-hydroxylation sites is 6. The van der Waals surface area contributed by atoms with E-state index in [0.717, 1.165) is 0 Å². The molecule has 0 atom stereocenters. The summed E-state index contributed by atoms with van der Waals surface area (Å²) in [4.78, 5) is 0. The molecule has 25 rings (SSSR count). The molecule has 3 heterocycles. The Balaban J connectivity index is 0.000000117. The maximum Gasteiger partial charge on any atom is 0.0541 e. The summed E-state index contributed by atoms with van der Waals surface area (Å²) in [6.07, 6.45) is 0. The number of hydrogen-bond acceptors (Lipinski definition) is 0. The zero-order valence-corrected chi connectivity index (χ0v) is 81.8. The van der Waals surface area contributed by atoms with E-state index < -0.39 is 0 Å². The third-order valence-corrected chi connectivity index (χ3v) is 29.2. The van der Waals surface area contributed by atoms with Gasteiger partial charge in [-0.05, 0) is 303 Å². The monoisotopic (exact) mass is 1790 g/mol. The van der Waals surface area contributed by atoms with Gasteiger partial charge < -0.3 is 13.7 Å². The molecule has 0 aliphatic heterocycles. The Morgan fingerprint density at radius 2 is 0.388 bits per heavy atom. The highest BCUT2D eigenvalue weighted by Gasteiger charge is 2.29. The van der Waals surface area contributed by atoms with Gasteiger partial charge in [-0.25, -0.2) is 0 Å². The molecule has 0 unspecified atom stereocenters. The van der Waals surface area contributed by atoms with Crippen LogP contribution >= 0.6 is 0 Å². The summed E-state index contributed by atoms with van der Waals surface area (Å²) in [7, 11) is 0. The van der Waals surface area contributed by atoms with Gasteiger partial charge in [0, 0.05) is 49.4 Å². The minimum atomic E-state index is 0.0249.